The first-order chi connectivity index (χ1) is 3.39. The molecule has 0 amide bonds. The van der Waals surface area contributed by atoms with Gasteiger partial charge in [0.2, 0.25) is 0 Å². The molecule has 0 spiro atoms. The van der Waals surface area contributed by atoms with E-state index in [-0.39, 0.29) is 7.43 Å². The highest BCUT2D eigenvalue weighted by Crippen LogP contribution is 1.81. The predicted octanol–water partition coefficient (Wildman–Crippen LogP) is 1.42. The van der Waals surface area contributed by atoms with Gasteiger partial charge in [0.15, 0.2) is 0 Å². The Morgan fingerprint density at radius 2 is 2.12 bits per heavy atom. The minimum Gasteiger partial charge on any atom is -0.261 e. The molecule has 0 aliphatic heterocycles. The zero-order valence-corrected chi connectivity index (χ0v) is 4.13. The van der Waals surface area contributed by atoms with Crippen LogP contribution in [0.15, 0.2) is 18.6 Å². The molecule has 0 fully saturated rings. The SMILES string of the molecule is C.Cc1cnccn1. The molecule has 8 heavy (non-hydrogen) atoms. The summed E-state index contributed by atoms with van der Waals surface area (Å²) < 4.78 is 0. The van der Waals surface area contributed by atoms with Gasteiger partial charge in [-0.3, -0.25) is 9.97 Å². The Hall–Kier alpha value is -0.920. The highest BCUT2D eigenvalue weighted by Gasteiger charge is 1.74. The van der Waals surface area contributed by atoms with E-state index in [9.17, 15) is 0 Å². The van der Waals surface area contributed by atoms with Crippen molar-refractivity contribution >= 4 is 0 Å². The highest BCUT2D eigenvalue weighted by atomic mass is 14.7. The molecule has 0 saturated heterocycles. The number of aryl methyl sites for hydroxylation is 1. The molecule has 1 aromatic heterocycles. The maximum atomic E-state index is 3.92. The molecule has 0 N–H and O–H groups in total. The van der Waals surface area contributed by atoms with Gasteiger partial charge in [0.05, 0.1) is 5.69 Å². The molecule has 1 rings (SSSR count). The van der Waals surface area contributed by atoms with Crippen molar-refractivity contribution in [3.8, 4) is 0 Å². The summed E-state index contributed by atoms with van der Waals surface area (Å²) in [5, 5.41) is 0. The van der Waals surface area contributed by atoms with Gasteiger partial charge in [-0.1, -0.05) is 7.43 Å². The Labute approximate surface area is 49.6 Å². The molecule has 44 valence electrons. The quantitative estimate of drug-likeness (QED) is 0.504. The van der Waals surface area contributed by atoms with E-state index in [1.807, 2.05) is 6.92 Å². The second-order valence-electron chi connectivity index (χ2n) is 1.35. The molecule has 0 aliphatic rings. The van der Waals surface area contributed by atoms with Gasteiger partial charge in [-0.25, -0.2) is 0 Å². The molecule has 1 aromatic rings. The third kappa shape index (κ3) is 1.69. The van der Waals surface area contributed by atoms with E-state index in [4.69, 9.17) is 0 Å². The van der Waals surface area contributed by atoms with E-state index < -0.39 is 0 Å². The van der Waals surface area contributed by atoms with Crippen LogP contribution in [0.4, 0.5) is 0 Å². The van der Waals surface area contributed by atoms with Gasteiger partial charge in [-0.15, -0.1) is 0 Å². The van der Waals surface area contributed by atoms with E-state index in [1.165, 1.54) is 0 Å². The molecule has 0 saturated carbocycles. The van der Waals surface area contributed by atoms with Gasteiger partial charge in [-0.05, 0) is 6.92 Å². The molecule has 0 radical (unpaired) electrons. The van der Waals surface area contributed by atoms with Crippen LogP contribution in [-0.2, 0) is 0 Å². The van der Waals surface area contributed by atoms with Crippen LogP contribution < -0.4 is 0 Å². The lowest BCUT2D eigenvalue weighted by Crippen LogP contribution is -1.77. The van der Waals surface area contributed by atoms with E-state index in [1.54, 1.807) is 18.6 Å². The molecule has 1 heterocycles. The van der Waals surface area contributed by atoms with Crippen molar-refractivity contribution in [3.05, 3.63) is 24.3 Å². The van der Waals surface area contributed by atoms with Crippen molar-refractivity contribution in [2.24, 2.45) is 0 Å². The number of hydrogen-bond donors (Lipinski definition) is 0. The smallest absolute Gasteiger partial charge is 0.0555 e. The molecule has 0 unspecified atom stereocenters. The highest BCUT2D eigenvalue weighted by molar-refractivity contribution is 4.88. The standard InChI is InChI=1S/C5H6N2.CH4/c1-5-4-6-2-3-7-5;/h2-4H,1H3;1H4. The minimum atomic E-state index is 0. The zero-order valence-electron chi connectivity index (χ0n) is 4.13. The molecule has 0 aliphatic carbocycles. The van der Waals surface area contributed by atoms with Crippen LogP contribution in [0.25, 0.3) is 0 Å². The molecular formula is C6H10N2. The Morgan fingerprint density at radius 3 is 2.38 bits per heavy atom. The molecular weight excluding hydrogens is 100 g/mol. The second-order valence-corrected chi connectivity index (χ2v) is 1.35. The molecule has 0 atom stereocenters. The third-order valence-corrected chi connectivity index (χ3v) is 0.692. The maximum absolute atomic E-state index is 3.92. The van der Waals surface area contributed by atoms with Crippen LogP contribution >= 0.6 is 0 Å². The van der Waals surface area contributed by atoms with Gasteiger partial charge in [0.25, 0.3) is 0 Å². The number of rotatable bonds is 0. The fraction of sp³-hybridized carbons (Fsp3) is 0.333. The summed E-state index contributed by atoms with van der Waals surface area (Å²) in [7, 11) is 0. The Kier molecular flexibility index (Phi) is 2.77. The zero-order chi connectivity index (χ0) is 5.11. The fourth-order valence-corrected chi connectivity index (χ4v) is 0.374. The fourth-order valence-electron chi connectivity index (χ4n) is 0.374. The van der Waals surface area contributed by atoms with Gasteiger partial charge in [0.1, 0.15) is 0 Å². The van der Waals surface area contributed by atoms with E-state index in [2.05, 4.69) is 9.97 Å². The number of nitrogens with zero attached hydrogens (tertiary/aromatic N) is 2. The van der Waals surface area contributed by atoms with Crippen molar-refractivity contribution in [2.75, 3.05) is 0 Å². The normalized spacial score (nSPS) is 7.62. The van der Waals surface area contributed by atoms with E-state index >= 15 is 0 Å². The first-order valence-electron chi connectivity index (χ1n) is 2.12. The first kappa shape index (κ1) is 7.08. The Morgan fingerprint density at radius 1 is 1.38 bits per heavy atom. The van der Waals surface area contributed by atoms with Crippen LogP contribution in [-0.4, -0.2) is 9.97 Å². The van der Waals surface area contributed by atoms with Gasteiger partial charge in [0, 0.05) is 18.6 Å². The summed E-state index contributed by atoms with van der Waals surface area (Å²) in [5.41, 5.74) is 0.961. The lowest BCUT2D eigenvalue weighted by Gasteiger charge is -1.81. The summed E-state index contributed by atoms with van der Waals surface area (Å²) in [6, 6.07) is 0. The van der Waals surface area contributed by atoms with Crippen LogP contribution in [0.1, 0.15) is 13.1 Å². The van der Waals surface area contributed by atoms with Gasteiger partial charge < -0.3 is 0 Å². The van der Waals surface area contributed by atoms with Crippen LogP contribution in [0, 0.1) is 6.92 Å². The monoisotopic (exact) mass is 110 g/mol. The first-order valence-corrected chi connectivity index (χ1v) is 2.12. The van der Waals surface area contributed by atoms with Crippen LogP contribution in [0.2, 0.25) is 0 Å². The number of aromatic nitrogens is 2. The summed E-state index contributed by atoms with van der Waals surface area (Å²) >= 11 is 0. The van der Waals surface area contributed by atoms with E-state index in [0.29, 0.717) is 0 Å². The van der Waals surface area contributed by atoms with Crippen LogP contribution in [0.5, 0.6) is 0 Å². The second kappa shape index (κ2) is 3.13. The van der Waals surface area contributed by atoms with Crippen molar-refractivity contribution in [1.82, 2.24) is 9.97 Å². The van der Waals surface area contributed by atoms with Crippen molar-refractivity contribution < 1.29 is 0 Å². The molecule has 0 bridgehead atoms. The average Bonchev–Trinajstić information content (AvgIpc) is 1.69. The molecule has 2 heteroatoms. The third-order valence-electron chi connectivity index (χ3n) is 0.692. The van der Waals surface area contributed by atoms with Crippen molar-refractivity contribution in [2.45, 2.75) is 14.4 Å². The van der Waals surface area contributed by atoms with Crippen molar-refractivity contribution in [1.29, 1.82) is 0 Å². The molecule has 0 aromatic carbocycles. The summed E-state index contributed by atoms with van der Waals surface area (Å²) in [6.07, 6.45) is 5.06. The Balaban J connectivity index is 0.000000490. The van der Waals surface area contributed by atoms with Crippen molar-refractivity contribution in [3.63, 3.8) is 0 Å². The Bertz CT molecular complexity index is 136. The summed E-state index contributed by atoms with van der Waals surface area (Å²) in [4.78, 5) is 7.74. The average molecular weight is 110 g/mol. The minimum absolute atomic E-state index is 0. The topological polar surface area (TPSA) is 25.8 Å². The molecule has 2 nitrogen and oxygen atoms in total. The van der Waals surface area contributed by atoms with Gasteiger partial charge >= 0.3 is 0 Å². The van der Waals surface area contributed by atoms with Gasteiger partial charge in [-0.2, -0.15) is 0 Å². The summed E-state index contributed by atoms with van der Waals surface area (Å²) in [6.45, 7) is 1.91. The lowest BCUT2D eigenvalue weighted by molar-refractivity contribution is 1.12. The van der Waals surface area contributed by atoms with Crippen LogP contribution in [0.3, 0.4) is 0 Å². The predicted molar refractivity (Wildman–Crippen MR) is 33.5 cm³/mol. The number of hydrogen-bond acceptors (Lipinski definition) is 2. The largest absolute Gasteiger partial charge is 0.261 e. The van der Waals surface area contributed by atoms with E-state index in [0.717, 1.165) is 5.69 Å². The lowest BCUT2D eigenvalue weighted by atomic mass is 10.5. The maximum Gasteiger partial charge on any atom is 0.0555 e. The summed E-state index contributed by atoms with van der Waals surface area (Å²) in [5.74, 6) is 0.